The molecule has 0 spiro atoms. The summed E-state index contributed by atoms with van der Waals surface area (Å²) in [6.45, 7) is 1.92. The van der Waals surface area contributed by atoms with Crippen molar-refractivity contribution in [3.05, 3.63) is 67.6 Å². The van der Waals surface area contributed by atoms with Crippen LogP contribution in [-0.2, 0) is 6.42 Å². The lowest BCUT2D eigenvalue weighted by atomic mass is 9.99. The Bertz CT molecular complexity index is 638. The summed E-state index contributed by atoms with van der Waals surface area (Å²) in [7, 11) is 0. The third-order valence-electron chi connectivity index (χ3n) is 2.85. The summed E-state index contributed by atoms with van der Waals surface area (Å²) in [4.78, 5) is 12.3. The van der Waals surface area contributed by atoms with Gasteiger partial charge in [-0.25, -0.2) is 0 Å². The van der Waals surface area contributed by atoms with Crippen LogP contribution in [-0.4, -0.2) is 5.78 Å². The molecule has 0 aliphatic carbocycles. The number of benzene rings is 2. The molecule has 0 atom stereocenters. The SMILES string of the molecule is Cc1cc(Br)ccc1C(=O)Cc1ccc(Cl)cc1Cl. The Hall–Kier alpha value is -0.830. The predicted molar refractivity (Wildman–Crippen MR) is 83.4 cm³/mol. The first kappa shape index (κ1) is 14.6. The number of ketones is 1. The molecule has 0 amide bonds. The molecule has 0 unspecified atom stereocenters. The van der Waals surface area contributed by atoms with Crippen LogP contribution in [0.1, 0.15) is 21.5 Å². The third kappa shape index (κ3) is 3.59. The lowest BCUT2D eigenvalue weighted by Crippen LogP contribution is -2.06. The molecule has 0 aliphatic rings. The molecule has 2 aromatic carbocycles. The monoisotopic (exact) mass is 356 g/mol. The van der Waals surface area contributed by atoms with Gasteiger partial charge in [-0.15, -0.1) is 0 Å². The van der Waals surface area contributed by atoms with Crippen LogP contribution in [0.2, 0.25) is 10.0 Å². The van der Waals surface area contributed by atoms with E-state index in [-0.39, 0.29) is 12.2 Å². The Kier molecular flexibility index (Phi) is 4.67. The molecule has 0 radical (unpaired) electrons. The minimum atomic E-state index is 0.0502. The molecule has 0 heterocycles. The molecule has 98 valence electrons. The maximum absolute atomic E-state index is 12.3. The highest BCUT2D eigenvalue weighted by molar-refractivity contribution is 9.10. The van der Waals surface area contributed by atoms with Crippen LogP contribution in [0.3, 0.4) is 0 Å². The molecular formula is C15H11BrCl2O. The number of hydrogen-bond donors (Lipinski definition) is 0. The average Bonchev–Trinajstić information content (AvgIpc) is 2.32. The lowest BCUT2D eigenvalue weighted by molar-refractivity contribution is 0.0992. The van der Waals surface area contributed by atoms with E-state index in [9.17, 15) is 4.79 Å². The highest BCUT2D eigenvalue weighted by Gasteiger charge is 2.12. The minimum Gasteiger partial charge on any atom is -0.294 e. The highest BCUT2D eigenvalue weighted by atomic mass is 79.9. The molecule has 0 aromatic heterocycles. The van der Waals surface area contributed by atoms with Crippen molar-refractivity contribution >= 4 is 44.9 Å². The van der Waals surface area contributed by atoms with Gasteiger partial charge in [0.25, 0.3) is 0 Å². The van der Waals surface area contributed by atoms with Crippen LogP contribution in [0.15, 0.2) is 40.9 Å². The fraction of sp³-hybridized carbons (Fsp3) is 0.133. The van der Waals surface area contributed by atoms with Crippen molar-refractivity contribution in [3.8, 4) is 0 Å². The normalized spacial score (nSPS) is 10.5. The van der Waals surface area contributed by atoms with Crippen molar-refractivity contribution in [2.75, 3.05) is 0 Å². The van der Waals surface area contributed by atoms with Crippen LogP contribution in [0.4, 0.5) is 0 Å². The Morgan fingerprint density at radius 1 is 1.16 bits per heavy atom. The average molecular weight is 358 g/mol. The van der Waals surface area contributed by atoms with E-state index in [1.54, 1.807) is 18.2 Å². The fourth-order valence-corrected chi connectivity index (χ4v) is 2.82. The van der Waals surface area contributed by atoms with Gasteiger partial charge in [-0.1, -0.05) is 51.3 Å². The minimum absolute atomic E-state index is 0.0502. The van der Waals surface area contributed by atoms with E-state index >= 15 is 0 Å². The molecule has 0 fully saturated rings. The van der Waals surface area contributed by atoms with E-state index in [0.717, 1.165) is 15.6 Å². The van der Waals surface area contributed by atoms with Crippen LogP contribution in [0, 0.1) is 6.92 Å². The van der Waals surface area contributed by atoms with E-state index in [2.05, 4.69) is 15.9 Å². The van der Waals surface area contributed by atoms with Gasteiger partial charge in [-0.3, -0.25) is 4.79 Å². The van der Waals surface area contributed by atoms with Crippen LogP contribution < -0.4 is 0 Å². The Morgan fingerprint density at radius 3 is 2.53 bits per heavy atom. The summed E-state index contributed by atoms with van der Waals surface area (Å²) in [6.07, 6.45) is 0.276. The molecule has 0 bridgehead atoms. The molecular weight excluding hydrogens is 347 g/mol. The number of aryl methyl sites for hydroxylation is 1. The van der Waals surface area contributed by atoms with Crippen LogP contribution >= 0.6 is 39.1 Å². The molecule has 4 heteroatoms. The number of carbonyl (C=O) groups excluding carboxylic acids is 1. The van der Waals surface area contributed by atoms with Crippen molar-refractivity contribution < 1.29 is 4.79 Å². The van der Waals surface area contributed by atoms with Crippen molar-refractivity contribution in [2.24, 2.45) is 0 Å². The summed E-state index contributed by atoms with van der Waals surface area (Å²) in [6, 6.07) is 10.8. The van der Waals surface area contributed by atoms with E-state index in [4.69, 9.17) is 23.2 Å². The number of hydrogen-bond acceptors (Lipinski definition) is 1. The van der Waals surface area contributed by atoms with Gasteiger partial charge in [-0.2, -0.15) is 0 Å². The number of Topliss-reactive ketones (excluding diaryl/α,β-unsaturated/α-hetero) is 1. The second-order valence-electron chi connectivity index (χ2n) is 4.29. The largest absolute Gasteiger partial charge is 0.294 e. The van der Waals surface area contributed by atoms with Crippen molar-refractivity contribution in [2.45, 2.75) is 13.3 Å². The first-order chi connectivity index (χ1) is 8.97. The zero-order valence-corrected chi connectivity index (χ0v) is 13.3. The topological polar surface area (TPSA) is 17.1 Å². The van der Waals surface area contributed by atoms with Gasteiger partial charge in [0.05, 0.1) is 0 Å². The molecule has 0 saturated carbocycles. The summed E-state index contributed by atoms with van der Waals surface area (Å²) in [5, 5.41) is 1.09. The first-order valence-corrected chi connectivity index (χ1v) is 7.25. The molecule has 2 aromatic rings. The molecule has 0 N–H and O–H groups in total. The fourth-order valence-electron chi connectivity index (χ4n) is 1.87. The summed E-state index contributed by atoms with van der Waals surface area (Å²) in [5.41, 5.74) is 2.46. The predicted octanol–water partition coefficient (Wildman–Crippen LogP) is 5.49. The molecule has 2 rings (SSSR count). The molecule has 0 saturated heterocycles. The Balaban J connectivity index is 2.25. The maximum Gasteiger partial charge on any atom is 0.167 e. The lowest BCUT2D eigenvalue weighted by Gasteiger charge is -2.07. The quantitative estimate of drug-likeness (QED) is 0.664. The maximum atomic E-state index is 12.3. The summed E-state index contributed by atoms with van der Waals surface area (Å²) in [5.74, 6) is 0.0502. The van der Waals surface area contributed by atoms with E-state index in [0.29, 0.717) is 15.6 Å². The Morgan fingerprint density at radius 2 is 1.89 bits per heavy atom. The van der Waals surface area contributed by atoms with Gasteiger partial charge in [0, 0.05) is 26.5 Å². The zero-order chi connectivity index (χ0) is 14.0. The van der Waals surface area contributed by atoms with Gasteiger partial charge < -0.3 is 0 Å². The number of carbonyl (C=O) groups is 1. The van der Waals surface area contributed by atoms with Crippen molar-refractivity contribution in [3.63, 3.8) is 0 Å². The molecule has 1 nitrogen and oxygen atoms in total. The van der Waals surface area contributed by atoms with Crippen LogP contribution in [0.25, 0.3) is 0 Å². The van der Waals surface area contributed by atoms with Crippen LogP contribution in [0.5, 0.6) is 0 Å². The van der Waals surface area contributed by atoms with Gasteiger partial charge in [0.2, 0.25) is 0 Å². The third-order valence-corrected chi connectivity index (χ3v) is 3.94. The summed E-state index contributed by atoms with van der Waals surface area (Å²) >= 11 is 15.3. The van der Waals surface area contributed by atoms with Gasteiger partial charge in [0.15, 0.2) is 5.78 Å². The standard InChI is InChI=1S/C15H11BrCl2O/c1-9-6-11(16)3-5-13(9)15(19)7-10-2-4-12(17)8-14(10)18/h2-6,8H,7H2,1H3. The highest BCUT2D eigenvalue weighted by Crippen LogP contribution is 2.23. The molecule has 19 heavy (non-hydrogen) atoms. The smallest absolute Gasteiger partial charge is 0.167 e. The second-order valence-corrected chi connectivity index (χ2v) is 6.05. The van der Waals surface area contributed by atoms with E-state index in [1.807, 2.05) is 25.1 Å². The van der Waals surface area contributed by atoms with Crippen molar-refractivity contribution in [1.82, 2.24) is 0 Å². The number of rotatable bonds is 3. The summed E-state index contributed by atoms with van der Waals surface area (Å²) < 4.78 is 0.964. The first-order valence-electron chi connectivity index (χ1n) is 5.70. The Labute approximate surface area is 130 Å². The van der Waals surface area contributed by atoms with Gasteiger partial charge >= 0.3 is 0 Å². The second kappa shape index (κ2) is 6.08. The zero-order valence-electron chi connectivity index (χ0n) is 10.2. The van der Waals surface area contributed by atoms with Gasteiger partial charge in [0.1, 0.15) is 0 Å². The van der Waals surface area contributed by atoms with Crippen molar-refractivity contribution in [1.29, 1.82) is 0 Å². The van der Waals surface area contributed by atoms with E-state index < -0.39 is 0 Å². The molecule has 0 aliphatic heterocycles. The van der Waals surface area contributed by atoms with E-state index in [1.165, 1.54) is 0 Å². The number of halogens is 3. The van der Waals surface area contributed by atoms with Gasteiger partial charge in [-0.05, 0) is 42.3 Å².